The molecule has 3 aromatic rings. The van der Waals surface area contributed by atoms with Crippen LogP contribution >= 0.6 is 0 Å². The van der Waals surface area contributed by atoms with Crippen LogP contribution in [0.1, 0.15) is 34.7 Å². The van der Waals surface area contributed by atoms with Crippen molar-refractivity contribution in [2.24, 2.45) is 4.99 Å². The fourth-order valence-corrected chi connectivity index (χ4v) is 6.04. The van der Waals surface area contributed by atoms with Crippen LogP contribution in [0.25, 0.3) is 0 Å². The number of nitrogens with zero attached hydrogens (tertiary/aromatic N) is 2. The molecular weight excluding hydrogens is 380 g/mol. The molecule has 0 aromatic heterocycles. The zero-order chi connectivity index (χ0) is 20.0. The molecule has 2 aliphatic rings. The number of rotatable bonds is 3. The molecular formula is C24H22N2O2S. The third-order valence-corrected chi connectivity index (χ3v) is 7.66. The summed E-state index contributed by atoms with van der Waals surface area (Å²) >= 11 is 0. The molecule has 4 nitrogen and oxygen atoms in total. The Morgan fingerprint density at radius 2 is 1.59 bits per heavy atom. The molecule has 1 aliphatic carbocycles. The second-order valence-electron chi connectivity index (χ2n) is 7.68. The van der Waals surface area contributed by atoms with Crippen molar-refractivity contribution in [3.8, 4) is 0 Å². The van der Waals surface area contributed by atoms with Gasteiger partial charge in [0.15, 0.2) is 0 Å². The molecule has 1 aliphatic heterocycles. The van der Waals surface area contributed by atoms with Gasteiger partial charge < -0.3 is 0 Å². The SMILES string of the molecule is Cc1ccc(S(=O)(=O)N2C(c3ccccc3)=N[C@H]3c4ccccc4CC[C@H]32)cc1. The molecule has 146 valence electrons. The first-order valence-corrected chi connectivity index (χ1v) is 11.3. The van der Waals surface area contributed by atoms with Gasteiger partial charge in [-0.2, -0.15) is 0 Å². The minimum absolute atomic E-state index is 0.171. The van der Waals surface area contributed by atoms with Gasteiger partial charge in [-0.15, -0.1) is 0 Å². The lowest BCUT2D eigenvalue weighted by Gasteiger charge is -2.33. The van der Waals surface area contributed by atoms with E-state index in [1.807, 2.05) is 61.5 Å². The summed E-state index contributed by atoms with van der Waals surface area (Å²) in [6, 6.07) is 24.6. The van der Waals surface area contributed by atoms with Crippen molar-refractivity contribution < 1.29 is 8.42 Å². The molecule has 0 spiro atoms. The van der Waals surface area contributed by atoms with E-state index in [0.717, 1.165) is 29.5 Å². The van der Waals surface area contributed by atoms with Gasteiger partial charge in [-0.05, 0) is 43.0 Å². The number of aliphatic imine (C=N–C) groups is 1. The number of benzene rings is 3. The molecule has 0 saturated carbocycles. The summed E-state index contributed by atoms with van der Waals surface area (Å²) in [7, 11) is -3.72. The maximum Gasteiger partial charge on any atom is 0.265 e. The number of amidine groups is 1. The summed E-state index contributed by atoms with van der Waals surface area (Å²) in [6.07, 6.45) is 1.61. The molecule has 1 heterocycles. The van der Waals surface area contributed by atoms with E-state index >= 15 is 0 Å². The van der Waals surface area contributed by atoms with Crippen LogP contribution in [0.5, 0.6) is 0 Å². The Balaban J connectivity index is 1.67. The maximum absolute atomic E-state index is 13.7. The van der Waals surface area contributed by atoms with Crippen LogP contribution < -0.4 is 0 Å². The Kier molecular flexibility index (Phi) is 4.28. The van der Waals surface area contributed by atoms with Gasteiger partial charge in [0, 0.05) is 5.56 Å². The van der Waals surface area contributed by atoms with Crippen LogP contribution in [-0.2, 0) is 16.4 Å². The second-order valence-corrected chi connectivity index (χ2v) is 9.50. The van der Waals surface area contributed by atoms with E-state index in [-0.39, 0.29) is 12.1 Å². The number of hydrogen-bond donors (Lipinski definition) is 0. The van der Waals surface area contributed by atoms with E-state index in [2.05, 4.69) is 12.1 Å². The molecule has 0 bridgehead atoms. The monoisotopic (exact) mass is 402 g/mol. The minimum Gasteiger partial charge on any atom is -0.257 e. The zero-order valence-electron chi connectivity index (χ0n) is 16.2. The summed E-state index contributed by atoms with van der Waals surface area (Å²) in [6.45, 7) is 1.96. The summed E-state index contributed by atoms with van der Waals surface area (Å²) in [5, 5.41) is 0. The fraction of sp³-hybridized carbons (Fsp3) is 0.208. The van der Waals surface area contributed by atoms with E-state index in [0.29, 0.717) is 10.7 Å². The van der Waals surface area contributed by atoms with Crippen molar-refractivity contribution in [2.75, 3.05) is 0 Å². The summed E-state index contributed by atoms with van der Waals surface area (Å²) in [4.78, 5) is 5.29. The van der Waals surface area contributed by atoms with Gasteiger partial charge in [0.1, 0.15) is 5.84 Å². The topological polar surface area (TPSA) is 49.7 Å². The van der Waals surface area contributed by atoms with Crippen LogP contribution in [0.4, 0.5) is 0 Å². The highest BCUT2D eigenvalue weighted by molar-refractivity contribution is 7.89. The minimum atomic E-state index is -3.72. The van der Waals surface area contributed by atoms with Gasteiger partial charge in [-0.25, -0.2) is 12.7 Å². The quantitative estimate of drug-likeness (QED) is 0.648. The third kappa shape index (κ3) is 2.97. The van der Waals surface area contributed by atoms with E-state index < -0.39 is 10.0 Å². The van der Waals surface area contributed by atoms with E-state index in [9.17, 15) is 8.42 Å². The van der Waals surface area contributed by atoms with Gasteiger partial charge in [0.25, 0.3) is 10.0 Å². The van der Waals surface area contributed by atoms with Crippen LogP contribution in [0.2, 0.25) is 0 Å². The van der Waals surface area contributed by atoms with Gasteiger partial charge in [-0.3, -0.25) is 4.99 Å². The van der Waals surface area contributed by atoms with Crippen molar-refractivity contribution in [1.29, 1.82) is 0 Å². The number of fused-ring (bicyclic) bond motifs is 3. The van der Waals surface area contributed by atoms with E-state index in [4.69, 9.17) is 4.99 Å². The van der Waals surface area contributed by atoms with Gasteiger partial charge in [-0.1, -0.05) is 72.3 Å². The molecule has 5 rings (SSSR count). The first-order valence-electron chi connectivity index (χ1n) is 9.88. The predicted octanol–water partition coefficient (Wildman–Crippen LogP) is 4.50. The number of hydrogen-bond acceptors (Lipinski definition) is 3. The van der Waals surface area contributed by atoms with Crippen molar-refractivity contribution >= 4 is 15.9 Å². The first kappa shape index (κ1) is 18.1. The van der Waals surface area contributed by atoms with Crippen LogP contribution in [0.3, 0.4) is 0 Å². The molecule has 0 saturated heterocycles. The highest BCUT2D eigenvalue weighted by Gasteiger charge is 2.46. The highest BCUT2D eigenvalue weighted by atomic mass is 32.2. The van der Waals surface area contributed by atoms with Gasteiger partial charge in [0.05, 0.1) is 17.0 Å². The summed E-state index contributed by atoms with van der Waals surface area (Å²) < 4.78 is 29.1. The fourth-order valence-electron chi connectivity index (χ4n) is 4.37. The van der Waals surface area contributed by atoms with Gasteiger partial charge >= 0.3 is 0 Å². The largest absolute Gasteiger partial charge is 0.265 e. The summed E-state index contributed by atoms with van der Waals surface area (Å²) in [5.74, 6) is 0.540. The smallest absolute Gasteiger partial charge is 0.257 e. The number of sulfonamides is 1. The van der Waals surface area contributed by atoms with Crippen molar-refractivity contribution in [2.45, 2.75) is 36.7 Å². The Labute approximate surface area is 171 Å². The predicted molar refractivity (Wildman–Crippen MR) is 114 cm³/mol. The van der Waals surface area contributed by atoms with Gasteiger partial charge in [0.2, 0.25) is 0 Å². The van der Waals surface area contributed by atoms with E-state index in [1.165, 1.54) is 5.56 Å². The Hall–Kier alpha value is -2.92. The molecule has 0 unspecified atom stereocenters. The molecule has 0 amide bonds. The third-order valence-electron chi connectivity index (χ3n) is 5.83. The normalized spacial score (nSPS) is 20.7. The van der Waals surface area contributed by atoms with Crippen molar-refractivity contribution in [3.05, 3.63) is 101 Å². The second kappa shape index (κ2) is 6.85. The van der Waals surface area contributed by atoms with Crippen molar-refractivity contribution in [3.63, 3.8) is 0 Å². The lowest BCUT2D eigenvalue weighted by Crippen LogP contribution is -2.43. The average molecular weight is 403 g/mol. The molecule has 29 heavy (non-hydrogen) atoms. The first-order chi connectivity index (χ1) is 14.1. The molecule has 2 atom stereocenters. The Morgan fingerprint density at radius 3 is 2.34 bits per heavy atom. The van der Waals surface area contributed by atoms with Crippen LogP contribution in [0, 0.1) is 6.92 Å². The lowest BCUT2D eigenvalue weighted by molar-refractivity contribution is 0.370. The lowest BCUT2D eigenvalue weighted by atomic mass is 9.85. The standard InChI is InChI=1S/C24H22N2O2S/c1-17-11-14-20(15-12-17)29(27,28)26-22-16-13-18-7-5-6-10-21(18)23(22)25-24(26)19-8-3-2-4-9-19/h2-12,14-15,22-23H,13,16H2,1H3/t22-,23+/m1/s1. The maximum atomic E-state index is 13.7. The van der Waals surface area contributed by atoms with Crippen LogP contribution in [0.15, 0.2) is 88.8 Å². The Bertz CT molecular complexity index is 1190. The molecule has 0 fully saturated rings. The molecule has 3 aromatic carbocycles. The molecule has 0 N–H and O–H groups in total. The zero-order valence-corrected chi connectivity index (χ0v) is 17.0. The number of aryl methyl sites for hydroxylation is 2. The average Bonchev–Trinajstić information content (AvgIpc) is 3.16. The van der Waals surface area contributed by atoms with E-state index in [1.54, 1.807) is 16.4 Å². The van der Waals surface area contributed by atoms with Crippen LogP contribution in [-0.4, -0.2) is 24.6 Å². The van der Waals surface area contributed by atoms with Crippen molar-refractivity contribution in [1.82, 2.24) is 4.31 Å². The molecule has 0 radical (unpaired) electrons. The highest BCUT2D eigenvalue weighted by Crippen LogP contribution is 2.43. The Morgan fingerprint density at radius 1 is 0.897 bits per heavy atom. The molecule has 5 heteroatoms. The summed E-state index contributed by atoms with van der Waals surface area (Å²) in [5.41, 5.74) is 4.26.